The predicted octanol–water partition coefficient (Wildman–Crippen LogP) is 18.0. The van der Waals surface area contributed by atoms with E-state index >= 15 is 0 Å². The number of benzene rings is 6. The molecule has 3 nitrogen and oxygen atoms in total. The monoisotopic (exact) mass is 979 g/mol. The number of rotatable bonds is 4. The fourth-order valence-electron chi connectivity index (χ4n) is 14.5. The quantitative estimate of drug-likeness (QED) is 0.164. The summed E-state index contributed by atoms with van der Waals surface area (Å²) in [6.07, 6.45) is 6.96. The Balaban J connectivity index is 1.27. The SMILES string of the molecule is Cc1cc2c(cc1N1c3cc(C(C)C)cc4c3B(c3cc5c(cc3N4c3cc4c(cc3-c3ccccc3)C(C)(C)CCC4(C)C)C(C)(C)CCC5(C)C)c3oc4ccc(C(C)(C)C)cc4c31)C(C)(C)CCC2(C)C. The van der Waals surface area contributed by atoms with E-state index in [1.165, 1.54) is 124 Å². The summed E-state index contributed by atoms with van der Waals surface area (Å²) in [5, 5.41) is 1.19. The van der Waals surface area contributed by atoms with Crippen molar-refractivity contribution < 1.29 is 4.42 Å². The van der Waals surface area contributed by atoms with Crippen LogP contribution in [-0.4, -0.2) is 6.71 Å². The molecule has 12 rings (SSSR count). The molecule has 3 aliphatic carbocycles. The summed E-state index contributed by atoms with van der Waals surface area (Å²) < 4.78 is 7.66. The van der Waals surface area contributed by atoms with Gasteiger partial charge in [-0.05, 0) is 204 Å². The van der Waals surface area contributed by atoms with Gasteiger partial charge in [0.25, 0.3) is 6.71 Å². The molecule has 0 N–H and O–H groups in total. The molecule has 0 bridgehead atoms. The maximum absolute atomic E-state index is 7.66. The van der Waals surface area contributed by atoms with E-state index in [1.807, 2.05) is 0 Å². The zero-order valence-electron chi connectivity index (χ0n) is 48.4. The molecule has 0 saturated carbocycles. The first-order valence-electron chi connectivity index (χ1n) is 28.4. The molecule has 7 aromatic rings. The molecule has 74 heavy (non-hydrogen) atoms. The van der Waals surface area contributed by atoms with E-state index in [9.17, 15) is 0 Å². The van der Waals surface area contributed by atoms with Crippen molar-refractivity contribution in [2.75, 3.05) is 9.80 Å². The van der Waals surface area contributed by atoms with Crippen LogP contribution in [-0.2, 0) is 37.9 Å². The number of furan rings is 1. The summed E-state index contributed by atoms with van der Waals surface area (Å²) in [5.74, 6) is 0.277. The minimum atomic E-state index is -0.142. The predicted molar refractivity (Wildman–Crippen MR) is 319 cm³/mol. The van der Waals surface area contributed by atoms with Crippen molar-refractivity contribution in [1.29, 1.82) is 0 Å². The molecular formula is C70H83BN2O. The molecule has 5 aliphatic rings. The minimum Gasteiger partial charge on any atom is -0.468 e. The Morgan fingerprint density at radius 2 is 0.973 bits per heavy atom. The number of nitrogens with zero attached hydrogens (tertiary/aromatic N) is 2. The highest BCUT2D eigenvalue weighted by Crippen LogP contribution is 2.57. The van der Waals surface area contributed by atoms with E-state index in [-0.39, 0.29) is 50.5 Å². The number of hydrogen-bond acceptors (Lipinski definition) is 3. The van der Waals surface area contributed by atoms with Gasteiger partial charge in [0.2, 0.25) is 0 Å². The molecule has 0 unspecified atom stereocenters. The lowest BCUT2D eigenvalue weighted by Crippen LogP contribution is -2.61. The van der Waals surface area contributed by atoms with Crippen molar-refractivity contribution >= 4 is 68.4 Å². The van der Waals surface area contributed by atoms with Gasteiger partial charge in [0.15, 0.2) is 0 Å². The van der Waals surface area contributed by atoms with Crippen molar-refractivity contribution in [2.24, 2.45) is 0 Å². The van der Waals surface area contributed by atoms with Gasteiger partial charge in [0.1, 0.15) is 5.58 Å². The van der Waals surface area contributed by atoms with Crippen molar-refractivity contribution in [3.63, 3.8) is 0 Å². The Hall–Kier alpha value is -5.48. The summed E-state index contributed by atoms with van der Waals surface area (Å²) in [6, 6.07) is 39.4. The van der Waals surface area contributed by atoms with E-state index < -0.39 is 0 Å². The van der Waals surface area contributed by atoms with E-state index in [0.717, 1.165) is 36.9 Å². The van der Waals surface area contributed by atoms with Gasteiger partial charge >= 0.3 is 0 Å². The van der Waals surface area contributed by atoms with Crippen LogP contribution in [0, 0.1) is 6.92 Å². The molecule has 3 heterocycles. The Kier molecular flexibility index (Phi) is 10.5. The van der Waals surface area contributed by atoms with E-state index in [1.54, 1.807) is 0 Å². The van der Waals surface area contributed by atoms with E-state index in [0.29, 0.717) is 0 Å². The molecule has 6 aromatic carbocycles. The first-order valence-corrected chi connectivity index (χ1v) is 28.4. The third-order valence-corrected chi connectivity index (χ3v) is 19.9. The maximum atomic E-state index is 7.66. The van der Waals surface area contributed by atoms with Crippen molar-refractivity contribution in [3.8, 4) is 11.1 Å². The lowest BCUT2D eigenvalue weighted by atomic mass is 9.35. The average Bonchev–Trinajstić information content (AvgIpc) is 3.71. The molecule has 0 spiro atoms. The summed E-state index contributed by atoms with van der Waals surface area (Å²) in [6.45, 7) is 43.8. The van der Waals surface area contributed by atoms with Crippen LogP contribution in [0.5, 0.6) is 0 Å². The smallest absolute Gasteiger partial charge is 0.297 e. The zero-order chi connectivity index (χ0) is 52.8. The van der Waals surface area contributed by atoms with Crippen LogP contribution >= 0.6 is 0 Å². The van der Waals surface area contributed by atoms with Gasteiger partial charge in [-0.1, -0.05) is 166 Å². The molecule has 0 atom stereocenters. The van der Waals surface area contributed by atoms with Gasteiger partial charge in [-0.3, -0.25) is 0 Å². The van der Waals surface area contributed by atoms with Gasteiger partial charge in [-0.15, -0.1) is 0 Å². The molecule has 0 saturated heterocycles. The second kappa shape index (κ2) is 15.8. The van der Waals surface area contributed by atoms with Crippen LogP contribution < -0.4 is 26.4 Å². The summed E-state index contributed by atoms with van der Waals surface area (Å²) in [5.41, 5.74) is 27.8. The highest BCUT2D eigenvalue weighted by molar-refractivity contribution is 7.00. The lowest BCUT2D eigenvalue weighted by Gasteiger charge is -2.48. The van der Waals surface area contributed by atoms with Gasteiger partial charge < -0.3 is 14.2 Å². The van der Waals surface area contributed by atoms with Gasteiger partial charge in [-0.25, -0.2) is 0 Å². The Morgan fingerprint density at radius 1 is 0.500 bits per heavy atom. The van der Waals surface area contributed by atoms with E-state index in [4.69, 9.17) is 4.42 Å². The maximum Gasteiger partial charge on any atom is 0.297 e. The van der Waals surface area contributed by atoms with Gasteiger partial charge in [-0.2, -0.15) is 0 Å². The zero-order valence-corrected chi connectivity index (χ0v) is 48.4. The number of aryl methyl sites for hydroxylation is 1. The first-order chi connectivity index (χ1) is 34.5. The van der Waals surface area contributed by atoms with Crippen LogP contribution in [0.4, 0.5) is 34.1 Å². The molecular weight excluding hydrogens is 896 g/mol. The normalized spacial score (nSPS) is 20.1. The Bertz CT molecular complexity index is 3490. The summed E-state index contributed by atoms with van der Waals surface area (Å²) >= 11 is 0. The van der Waals surface area contributed by atoms with Gasteiger partial charge in [0, 0.05) is 33.7 Å². The number of fused-ring (bicyclic) bond motifs is 9. The van der Waals surface area contributed by atoms with Crippen molar-refractivity contribution in [1.82, 2.24) is 0 Å². The Labute approximate surface area is 445 Å². The average molecular weight is 979 g/mol. The molecule has 0 amide bonds. The van der Waals surface area contributed by atoms with Crippen LogP contribution in [0.2, 0.25) is 0 Å². The number of anilines is 6. The molecule has 0 radical (unpaired) electrons. The number of hydrogen-bond donors (Lipinski definition) is 0. The lowest BCUT2D eigenvalue weighted by molar-refractivity contribution is 0.332. The molecule has 2 aliphatic heterocycles. The summed E-state index contributed by atoms with van der Waals surface area (Å²) in [4.78, 5) is 5.47. The second-order valence-electron chi connectivity index (χ2n) is 29.2. The third kappa shape index (κ3) is 7.25. The fraction of sp³-hybridized carbons (Fsp3) is 0.457. The standard InChI is InChI=1S/C70H83BN2O/c1-41(2)44-33-58-61-59(34-44)73(55-38-51-48(32-42(55)3)65(7,8)26-29-68(51,13)14)62-47-35-45(64(4,5)6)24-25-60(47)74-63(62)71(61)54-37-50-53(70(17,18)31-28-67(50,11)12)40-57(54)72(58)56-39-52-49(66(9,10)27-30-69(52,15)16)36-46(56)43-22-20-19-21-23-43/h19-25,32-41H,26-31H2,1-18H3. The van der Waals surface area contributed by atoms with Crippen LogP contribution in [0.3, 0.4) is 0 Å². The van der Waals surface area contributed by atoms with Crippen molar-refractivity contribution in [3.05, 3.63) is 147 Å². The molecule has 4 heteroatoms. The molecule has 1 aromatic heterocycles. The second-order valence-corrected chi connectivity index (χ2v) is 29.2. The van der Waals surface area contributed by atoms with Crippen molar-refractivity contribution in [2.45, 2.75) is 207 Å². The highest BCUT2D eigenvalue weighted by Gasteiger charge is 2.51. The Morgan fingerprint density at radius 3 is 1.50 bits per heavy atom. The fourth-order valence-corrected chi connectivity index (χ4v) is 14.5. The highest BCUT2D eigenvalue weighted by atomic mass is 16.3. The molecule has 382 valence electrons. The molecule has 0 fully saturated rings. The summed E-state index contributed by atoms with van der Waals surface area (Å²) in [7, 11) is 0. The van der Waals surface area contributed by atoms with Crippen LogP contribution in [0.25, 0.3) is 22.1 Å². The topological polar surface area (TPSA) is 19.6 Å². The first kappa shape index (κ1) is 49.4. The van der Waals surface area contributed by atoms with Gasteiger partial charge in [0.05, 0.1) is 17.0 Å². The largest absolute Gasteiger partial charge is 0.468 e. The van der Waals surface area contributed by atoms with E-state index in [2.05, 4.69) is 231 Å². The van der Waals surface area contributed by atoms with Crippen LogP contribution in [0.1, 0.15) is 212 Å². The minimum absolute atomic E-state index is 0.00442. The third-order valence-electron chi connectivity index (χ3n) is 19.9. The van der Waals surface area contributed by atoms with Crippen LogP contribution in [0.15, 0.2) is 101 Å².